The molecule has 4 nitrogen and oxygen atoms in total. The van der Waals surface area contributed by atoms with Crippen LogP contribution in [-0.4, -0.2) is 36.6 Å². The summed E-state index contributed by atoms with van der Waals surface area (Å²) in [6.07, 6.45) is 4.94. The Bertz CT molecular complexity index is 479. The number of rotatable bonds is 8. The smallest absolute Gasteiger partial charge is 0.246 e. The Hall–Kier alpha value is -1.39. The second-order valence-corrected chi connectivity index (χ2v) is 6.82. The van der Waals surface area contributed by atoms with Crippen molar-refractivity contribution in [1.82, 2.24) is 10.2 Å². The molecule has 1 amide bonds. The number of nitrogens with zero attached hydrogens (tertiary/aromatic N) is 1. The Morgan fingerprint density at radius 3 is 2.43 bits per heavy atom. The first-order valence-electron chi connectivity index (χ1n) is 8.71. The van der Waals surface area contributed by atoms with E-state index in [4.69, 9.17) is 4.74 Å². The largest absolute Gasteiger partial charge is 0.368 e. The monoisotopic (exact) mass is 318 g/mol. The lowest BCUT2D eigenvalue weighted by molar-refractivity contribution is -0.127. The lowest BCUT2D eigenvalue weighted by Gasteiger charge is -2.21. The van der Waals surface area contributed by atoms with E-state index >= 15 is 0 Å². The topological polar surface area (TPSA) is 41.6 Å². The molecule has 1 saturated carbocycles. The highest BCUT2D eigenvalue weighted by Crippen LogP contribution is 2.20. The van der Waals surface area contributed by atoms with Gasteiger partial charge in [0.05, 0.1) is 6.10 Å². The molecule has 0 saturated heterocycles. The SMILES string of the molecule is CC(C)N(C)Cc1ccc(CNC(=O)COC2CCCC2)cc1. The van der Waals surface area contributed by atoms with Gasteiger partial charge >= 0.3 is 0 Å². The third kappa shape index (κ3) is 6.32. The van der Waals surface area contributed by atoms with Crippen LogP contribution in [0.5, 0.6) is 0 Å². The number of nitrogens with one attached hydrogen (secondary N) is 1. The molecule has 4 heteroatoms. The van der Waals surface area contributed by atoms with E-state index in [1.807, 2.05) is 0 Å². The fourth-order valence-corrected chi connectivity index (χ4v) is 2.73. The van der Waals surface area contributed by atoms with E-state index in [9.17, 15) is 4.79 Å². The molecule has 0 unspecified atom stereocenters. The minimum Gasteiger partial charge on any atom is -0.368 e. The molecule has 1 N–H and O–H groups in total. The molecular formula is C19H30N2O2. The molecule has 128 valence electrons. The zero-order chi connectivity index (χ0) is 16.7. The molecule has 0 radical (unpaired) electrons. The third-order valence-corrected chi connectivity index (χ3v) is 4.58. The van der Waals surface area contributed by atoms with Crippen LogP contribution in [0.2, 0.25) is 0 Å². The fraction of sp³-hybridized carbons (Fsp3) is 0.632. The van der Waals surface area contributed by atoms with Gasteiger partial charge in [0, 0.05) is 19.1 Å². The van der Waals surface area contributed by atoms with Crippen molar-refractivity contribution >= 4 is 5.91 Å². The van der Waals surface area contributed by atoms with Gasteiger partial charge < -0.3 is 10.1 Å². The highest BCUT2D eigenvalue weighted by molar-refractivity contribution is 5.77. The Kier molecular flexibility index (Phi) is 7.06. The maximum absolute atomic E-state index is 11.8. The molecule has 0 aliphatic heterocycles. The maximum Gasteiger partial charge on any atom is 0.246 e. The number of hydrogen-bond donors (Lipinski definition) is 1. The fourth-order valence-electron chi connectivity index (χ4n) is 2.73. The van der Waals surface area contributed by atoms with Crippen molar-refractivity contribution in [1.29, 1.82) is 0 Å². The van der Waals surface area contributed by atoms with Crippen LogP contribution in [0.3, 0.4) is 0 Å². The van der Waals surface area contributed by atoms with Gasteiger partial charge in [0.15, 0.2) is 0 Å². The summed E-state index contributed by atoms with van der Waals surface area (Å²) in [6.45, 7) is 6.07. The van der Waals surface area contributed by atoms with Crippen LogP contribution in [0.1, 0.15) is 50.7 Å². The maximum atomic E-state index is 11.8. The normalized spacial score (nSPS) is 15.5. The first-order valence-corrected chi connectivity index (χ1v) is 8.71. The second-order valence-electron chi connectivity index (χ2n) is 6.82. The number of carbonyl (C=O) groups is 1. The van der Waals surface area contributed by atoms with Crippen LogP contribution in [-0.2, 0) is 22.6 Å². The standard InChI is InChI=1S/C19H30N2O2/c1-15(2)21(3)13-17-10-8-16(9-11-17)12-20-19(22)14-23-18-6-4-5-7-18/h8-11,15,18H,4-7,12-14H2,1-3H3,(H,20,22). The van der Waals surface area contributed by atoms with Crippen LogP contribution in [0.15, 0.2) is 24.3 Å². The van der Waals surface area contributed by atoms with Crippen molar-refractivity contribution in [3.63, 3.8) is 0 Å². The number of benzene rings is 1. The highest BCUT2D eigenvalue weighted by atomic mass is 16.5. The van der Waals surface area contributed by atoms with Gasteiger partial charge in [0.2, 0.25) is 5.91 Å². The van der Waals surface area contributed by atoms with Crippen molar-refractivity contribution in [3.8, 4) is 0 Å². The van der Waals surface area contributed by atoms with Crippen LogP contribution in [0.4, 0.5) is 0 Å². The summed E-state index contributed by atoms with van der Waals surface area (Å²) in [6, 6.07) is 8.97. The van der Waals surface area contributed by atoms with Gasteiger partial charge in [-0.15, -0.1) is 0 Å². The van der Waals surface area contributed by atoms with E-state index in [1.165, 1.54) is 18.4 Å². The second kappa shape index (κ2) is 9.04. The van der Waals surface area contributed by atoms with E-state index in [1.54, 1.807) is 0 Å². The summed E-state index contributed by atoms with van der Waals surface area (Å²) < 4.78 is 5.62. The summed E-state index contributed by atoms with van der Waals surface area (Å²) >= 11 is 0. The molecular weight excluding hydrogens is 288 g/mol. The van der Waals surface area contributed by atoms with E-state index in [-0.39, 0.29) is 18.6 Å². The third-order valence-electron chi connectivity index (χ3n) is 4.58. The molecule has 2 rings (SSSR count). The molecule has 1 aliphatic rings. The summed E-state index contributed by atoms with van der Waals surface area (Å²) in [5.74, 6) is -0.0273. The van der Waals surface area contributed by atoms with Crippen molar-refractivity contribution in [3.05, 3.63) is 35.4 Å². The van der Waals surface area contributed by atoms with Crippen LogP contribution in [0, 0.1) is 0 Å². The van der Waals surface area contributed by atoms with E-state index in [0.29, 0.717) is 12.6 Å². The molecule has 0 atom stereocenters. The van der Waals surface area contributed by atoms with Gasteiger partial charge in [-0.05, 0) is 44.9 Å². The van der Waals surface area contributed by atoms with E-state index in [0.717, 1.165) is 24.9 Å². The molecule has 23 heavy (non-hydrogen) atoms. The average molecular weight is 318 g/mol. The number of hydrogen-bond acceptors (Lipinski definition) is 3. The summed E-state index contributed by atoms with van der Waals surface area (Å²) in [5.41, 5.74) is 2.41. The Labute approximate surface area is 140 Å². The molecule has 0 bridgehead atoms. The van der Waals surface area contributed by atoms with Crippen LogP contribution < -0.4 is 5.32 Å². The minimum atomic E-state index is -0.0273. The van der Waals surface area contributed by atoms with Gasteiger partial charge in [-0.1, -0.05) is 37.1 Å². The average Bonchev–Trinajstić information content (AvgIpc) is 3.05. The van der Waals surface area contributed by atoms with Crippen molar-refractivity contribution in [2.24, 2.45) is 0 Å². The first kappa shape index (κ1) is 18.0. The zero-order valence-corrected chi connectivity index (χ0v) is 14.7. The zero-order valence-electron chi connectivity index (χ0n) is 14.7. The van der Waals surface area contributed by atoms with Gasteiger partial charge in [-0.25, -0.2) is 0 Å². The predicted octanol–water partition coefficient (Wildman–Crippen LogP) is 3.10. The molecule has 1 aliphatic carbocycles. The van der Waals surface area contributed by atoms with Crippen LogP contribution in [0.25, 0.3) is 0 Å². The van der Waals surface area contributed by atoms with Gasteiger partial charge in [-0.3, -0.25) is 9.69 Å². The number of carbonyl (C=O) groups excluding carboxylic acids is 1. The molecule has 0 heterocycles. The Morgan fingerprint density at radius 2 is 1.83 bits per heavy atom. The molecule has 1 aromatic carbocycles. The molecule has 1 aromatic rings. The van der Waals surface area contributed by atoms with Crippen molar-refractivity contribution < 1.29 is 9.53 Å². The molecule has 0 aromatic heterocycles. The van der Waals surface area contributed by atoms with Gasteiger partial charge in [-0.2, -0.15) is 0 Å². The first-order chi connectivity index (χ1) is 11.0. The van der Waals surface area contributed by atoms with Crippen molar-refractivity contribution in [2.75, 3.05) is 13.7 Å². The van der Waals surface area contributed by atoms with Crippen LogP contribution >= 0.6 is 0 Å². The molecule has 0 spiro atoms. The quantitative estimate of drug-likeness (QED) is 0.801. The highest BCUT2D eigenvalue weighted by Gasteiger charge is 2.16. The number of amides is 1. The number of ether oxygens (including phenoxy) is 1. The summed E-state index contributed by atoms with van der Waals surface area (Å²) in [4.78, 5) is 14.1. The van der Waals surface area contributed by atoms with E-state index in [2.05, 4.69) is 55.4 Å². The van der Waals surface area contributed by atoms with Gasteiger partial charge in [0.25, 0.3) is 0 Å². The Morgan fingerprint density at radius 1 is 1.22 bits per heavy atom. The summed E-state index contributed by atoms with van der Waals surface area (Å²) in [7, 11) is 2.13. The molecule has 1 fully saturated rings. The van der Waals surface area contributed by atoms with E-state index < -0.39 is 0 Å². The predicted molar refractivity (Wildman–Crippen MR) is 93.1 cm³/mol. The lowest BCUT2D eigenvalue weighted by Crippen LogP contribution is -2.29. The summed E-state index contributed by atoms with van der Waals surface area (Å²) in [5, 5.41) is 2.93. The minimum absolute atomic E-state index is 0.0273. The van der Waals surface area contributed by atoms with Crippen molar-refractivity contribution in [2.45, 2.75) is 64.8 Å². The van der Waals surface area contributed by atoms with Gasteiger partial charge in [0.1, 0.15) is 6.61 Å². The lowest BCUT2D eigenvalue weighted by atomic mass is 10.1. The Balaban J connectivity index is 1.69.